The highest BCUT2D eigenvalue weighted by Gasteiger charge is 2.56. The molecule has 0 heterocycles. The van der Waals surface area contributed by atoms with Gasteiger partial charge >= 0.3 is 0 Å². The molecule has 8 heteroatoms. The zero-order chi connectivity index (χ0) is 28.0. The van der Waals surface area contributed by atoms with Crippen molar-refractivity contribution in [1.29, 1.82) is 0 Å². The van der Waals surface area contributed by atoms with Crippen molar-refractivity contribution in [1.82, 2.24) is 0 Å². The first kappa shape index (κ1) is 27.9. The Morgan fingerprint density at radius 3 is 1.95 bits per heavy atom. The number of ketones is 1. The van der Waals surface area contributed by atoms with E-state index in [9.17, 15) is 19.5 Å². The number of Topliss-reactive ketones (excluding diaryl/α,β-unsaturated/α-hetero) is 1. The van der Waals surface area contributed by atoms with E-state index in [0.29, 0.717) is 41.7 Å². The first-order valence-electron chi connectivity index (χ1n) is 13.1. The summed E-state index contributed by atoms with van der Waals surface area (Å²) in [6.45, 7) is 5.94. The van der Waals surface area contributed by atoms with Gasteiger partial charge in [-0.3, -0.25) is 14.4 Å². The quantitative estimate of drug-likeness (QED) is 0.343. The van der Waals surface area contributed by atoms with E-state index in [2.05, 4.69) is 10.6 Å². The number of carbonyl (C=O) groups is 3. The summed E-state index contributed by atoms with van der Waals surface area (Å²) >= 11 is 0. The maximum Gasteiger partial charge on any atom is 0.235 e. The lowest BCUT2D eigenvalue weighted by Gasteiger charge is -2.44. The van der Waals surface area contributed by atoms with Gasteiger partial charge in [0.15, 0.2) is 11.5 Å². The minimum Gasteiger partial charge on any atom is -0.490 e. The molecule has 0 saturated heterocycles. The molecule has 4 atom stereocenters. The molecule has 0 radical (unpaired) electrons. The number of hydrogen-bond donors (Lipinski definition) is 3. The highest BCUT2D eigenvalue weighted by atomic mass is 16.5. The fourth-order valence-corrected chi connectivity index (χ4v) is 5.25. The molecule has 8 nitrogen and oxygen atoms in total. The number of para-hydroxylation sites is 2. The fourth-order valence-electron chi connectivity index (χ4n) is 5.25. The second kappa shape index (κ2) is 12.1. The van der Waals surface area contributed by atoms with Crippen molar-refractivity contribution >= 4 is 29.0 Å². The zero-order valence-corrected chi connectivity index (χ0v) is 22.3. The number of amides is 2. The Morgan fingerprint density at radius 2 is 1.38 bits per heavy atom. The van der Waals surface area contributed by atoms with Gasteiger partial charge in [-0.1, -0.05) is 42.5 Å². The van der Waals surface area contributed by atoms with Crippen molar-refractivity contribution in [2.75, 3.05) is 23.8 Å². The van der Waals surface area contributed by atoms with Gasteiger partial charge < -0.3 is 25.2 Å². The third-order valence-corrected chi connectivity index (χ3v) is 6.87. The molecule has 39 heavy (non-hydrogen) atoms. The van der Waals surface area contributed by atoms with Gasteiger partial charge in [-0.2, -0.15) is 0 Å². The molecule has 1 saturated carbocycles. The van der Waals surface area contributed by atoms with E-state index in [4.69, 9.17) is 9.47 Å². The number of aliphatic hydroxyl groups is 1. The van der Waals surface area contributed by atoms with E-state index in [1.807, 2.05) is 26.0 Å². The number of nitrogens with one attached hydrogen (secondary N) is 2. The molecule has 3 aromatic carbocycles. The average molecular weight is 531 g/mol. The third-order valence-electron chi connectivity index (χ3n) is 6.87. The van der Waals surface area contributed by atoms with E-state index in [-0.39, 0.29) is 6.42 Å². The van der Waals surface area contributed by atoms with Crippen molar-refractivity contribution in [3.63, 3.8) is 0 Å². The minimum absolute atomic E-state index is 0.349. The molecular weight excluding hydrogens is 496 g/mol. The lowest BCUT2D eigenvalue weighted by atomic mass is 9.61. The Morgan fingerprint density at radius 1 is 0.846 bits per heavy atom. The first-order chi connectivity index (χ1) is 18.7. The summed E-state index contributed by atoms with van der Waals surface area (Å²) < 4.78 is 11.5. The van der Waals surface area contributed by atoms with Gasteiger partial charge in [0, 0.05) is 23.7 Å². The standard InChI is InChI=1S/C31H34N2O6/c1-4-38-24-17-16-20(18-25(24)39-5-2)26-27(29(35)32-21-12-8-6-9-13-21)23(34)19-31(3,37)28(26)30(36)33-22-14-10-7-11-15-22/h6-18,26-28,37H,4-5,19H2,1-3H3,(H,32,35)(H,33,36). The molecule has 1 aliphatic carbocycles. The van der Waals surface area contributed by atoms with Crippen LogP contribution < -0.4 is 20.1 Å². The molecule has 0 aliphatic heterocycles. The maximum atomic E-state index is 13.8. The van der Waals surface area contributed by atoms with Crippen LogP contribution in [0.3, 0.4) is 0 Å². The van der Waals surface area contributed by atoms with Crippen molar-refractivity contribution in [2.24, 2.45) is 11.8 Å². The summed E-state index contributed by atoms with van der Waals surface area (Å²) in [6.07, 6.45) is -0.349. The number of anilines is 2. The van der Waals surface area contributed by atoms with Crippen molar-refractivity contribution in [2.45, 2.75) is 38.7 Å². The molecule has 2 amide bonds. The van der Waals surface area contributed by atoms with Crippen LogP contribution in [0.2, 0.25) is 0 Å². The Hall–Kier alpha value is -4.17. The van der Waals surface area contributed by atoms with Gasteiger partial charge in [0.05, 0.1) is 24.7 Å². The lowest BCUT2D eigenvalue weighted by Crippen LogP contribution is -2.56. The highest BCUT2D eigenvalue weighted by molar-refractivity contribution is 6.10. The molecule has 0 spiro atoms. The summed E-state index contributed by atoms with van der Waals surface area (Å²) in [7, 11) is 0. The molecule has 3 N–H and O–H groups in total. The van der Waals surface area contributed by atoms with Crippen LogP contribution in [0.5, 0.6) is 11.5 Å². The molecule has 4 rings (SSSR count). The molecule has 1 fully saturated rings. The topological polar surface area (TPSA) is 114 Å². The van der Waals surface area contributed by atoms with E-state index < -0.39 is 41.0 Å². The van der Waals surface area contributed by atoms with E-state index in [1.165, 1.54) is 6.92 Å². The molecule has 204 valence electrons. The van der Waals surface area contributed by atoms with Crippen LogP contribution in [0.15, 0.2) is 78.9 Å². The van der Waals surface area contributed by atoms with E-state index in [0.717, 1.165) is 0 Å². The van der Waals surface area contributed by atoms with E-state index in [1.54, 1.807) is 66.7 Å². The number of benzene rings is 3. The molecular formula is C31H34N2O6. The third kappa shape index (κ3) is 6.29. The Balaban J connectivity index is 1.82. The fraction of sp³-hybridized carbons (Fsp3) is 0.323. The molecule has 4 unspecified atom stereocenters. The molecule has 3 aromatic rings. The van der Waals surface area contributed by atoms with Gasteiger partial charge in [-0.15, -0.1) is 0 Å². The zero-order valence-electron chi connectivity index (χ0n) is 22.3. The monoisotopic (exact) mass is 530 g/mol. The summed E-state index contributed by atoms with van der Waals surface area (Å²) in [5, 5.41) is 17.2. The Labute approximate surface area is 228 Å². The van der Waals surface area contributed by atoms with E-state index >= 15 is 0 Å². The van der Waals surface area contributed by atoms with Crippen molar-refractivity contribution in [3.8, 4) is 11.5 Å². The van der Waals surface area contributed by atoms with Crippen molar-refractivity contribution < 1.29 is 29.0 Å². The lowest BCUT2D eigenvalue weighted by molar-refractivity contribution is -0.150. The van der Waals surface area contributed by atoms with Gasteiger partial charge in [0.1, 0.15) is 11.7 Å². The smallest absolute Gasteiger partial charge is 0.235 e. The predicted molar refractivity (Wildman–Crippen MR) is 149 cm³/mol. The number of ether oxygens (including phenoxy) is 2. The summed E-state index contributed by atoms with van der Waals surface area (Å²) in [5.41, 5.74) is -0.134. The SMILES string of the molecule is CCOc1ccc(C2C(C(=O)Nc3ccccc3)C(=O)CC(C)(O)C2C(=O)Nc2ccccc2)cc1OCC. The first-order valence-corrected chi connectivity index (χ1v) is 13.1. The summed E-state index contributed by atoms with van der Waals surface area (Å²) in [6, 6.07) is 22.8. The molecule has 1 aliphatic rings. The second-order valence-electron chi connectivity index (χ2n) is 9.76. The minimum atomic E-state index is -1.71. The Kier molecular flexibility index (Phi) is 8.66. The second-order valence-corrected chi connectivity index (χ2v) is 9.76. The average Bonchev–Trinajstić information content (AvgIpc) is 2.90. The van der Waals surface area contributed by atoms with Crippen LogP contribution in [0.4, 0.5) is 11.4 Å². The number of carbonyl (C=O) groups excluding carboxylic acids is 3. The Bertz CT molecular complexity index is 1310. The van der Waals surface area contributed by atoms with Crippen LogP contribution in [0.25, 0.3) is 0 Å². The van der Waals surface area contributed by atoms with Crippen LogP contribution >= 0.6 is 0 Å². The van der Waals surface area contributed by atoms with Gasteiger partial charge in [0.2, 0.25) is 11.8 Å². The molecule has 0 bridgehead atoms. The van der Waals surface area contributed by atoms with Crippen LogP contribution in [0.1, 0.15) is 38.7 Å². The number of hydrogen-bond acceptors (Lipinski definition) is 6. The maximum absolute atomic E-state index is 13.8. The van der Waals surface area contributed by atoms with Crippen molar-refractivity contribution in [3.05, 3.63) is 84.4 Å². The van der Waals surface area contributed by atoms with Crippen LogP contribution in [-0.2, 0) is 14.4 Å². The summed E-state index contributed by atoms with van der Waals surface area (Å²) in [5.74, 6) is -3.90. The van der Waals surface area contributed by atoms with Gasteiger partial charge in [-0.05, 0) is 62.7 Å². The molecule has 0 aromatic heterocycles. The van der Waals surface area contributed by atoms with Gasteiger partial charge in [0.25, 0.3) is 0 Å². The normalized spacial score (nSPS) is 22.6. The van der Waals surface area contributed by atoms with Crippen LogP contribution in [-0.4, -0.2) is 41.5 Å². The number of rotatable bonds is 9. The van der Waals surface area contributed by atoms with Crippen LogP contribution in [0, 0.1) is 11.8 Å². The van der Waals surface area contributed by atoms with Gasteiger partial charge in [-0.25, -0.2) is 0 Å². The summed E-state index contributed by atoms with van der Waals surface area (Å²) in [4.78, 5) is 41.0. The highest BCUT2D eigenvalue weighted by Crippen LogP contribution is 2.48. The predicted octanol–water partition coefficient (Wildman–Crippen LogP) is 4.80. The largest absolute Gasteiger partial charge is 0.490 e.